The molecule has 0 unspecified atom stereocenters. The molecule has 0 bridgehead atoms. The van der Waals surface area contributed by atoms with Crippen LogP contribution in [-0.2, 0) is 11.2 Å². The van der Waals surface area contributed by atoms with Gasteiger partial charge >= 0.3 is 6.03 Å². The lowest BCUT2D eigenvalue weighted by Gasteiger charge is -2.27. The molecule has 126 valence electrons. The Labute approximate surface area is 137 Å². The van der Waals surface area contributed by atoms with Crippen LogP contribution in [0.15, 0.2) is 24.3 Å². The molecule has 0 radical (unpaired) electrons. The highest BCUT2D eigenvalue weighted by Crippen LogP contribution is 2.23. The smallest absolute Gasteiger partial charge is 0.315 e. The lowest BCUT2D eigenvalue weighted by atomic mass is 10.0. The number of carbonyl (C=O) groups is 1. The Hall–Kier alpha value is -1.79. The Morgan fingerprint density at radius 1 is 1.26 bits per heavy atom. The van der Waals surface area contributed by atoms with Gasteiger partial charge in [0.05, 0.1) is 19.3 Å². The van der Waals surface area contributed by atoms with Crippen molar-refractivity contribution in [1.82, 2.24) is 15.5 Å². The van der Waals surface area contributed by atoms with Gasteiger partial charge in [-0.25, -0.2) is 4.79 Å². The van der Waals surface area contributed by atoms with Crippen molar-refractivity contribution in [2.24, 2.45) is 0 Å². The van der Waals surface area contributed by atoms with E-state index in [1.54, 1.807) is 0 Å². The van der Waals surface area contributed by atoms with Crippen LogP contribution < -0.4 is 15.4 Å². The highest BCUT2D eigenvalue weighted by Gasteiger charge is 2.20. The molecule has 3 rings (SSSR count). The molecule has 0 aromatic heterocycles. The van der Waals surface area contributed by atoms with Gasteiger partial charge in [0.25, 0.3) is 0 Å². The van der Waals surface area contributed by atoms with Gasteiger partial charge in [-0.1, -0.05) is 18.2 Å². The number of ether oxygens (including phenoxy) is 2. The molecule has 1 aromatic carbocycles. The maximum atomic E-state index is 12.0. The third-order valence-corrected chi connectivity index (χ3v) is 4.25. The van der Waals surface area contributed by atoms with E-state index >= 15 is 0 Å². The van der Waals surface area contributed by atoms with Crippen molar-refractivity contribution in [3.63, 3.8) is 0 Å². The lowest BCUT2D eigenvalue weighted by molar-refractivity contribution is 0.0375. The first-order valence-electron chi connectivity index (χ1n) is 8.36. The second-order valence-electron chi connectivity index (χ2n) is 6.03. The van der Waals surface area contributed by atoms with E-state index < -0.39 is 0 Å². The van der Waals surface area contributed by atoms with Crippen LogP contribution in [0.4, 0.5) is 4.79 Å². The van der Waals surface area contributed by atoms with Gasteiger partial charge in [0.15, 0.2) is 0 Å². The molecule has 1 atom stereocenters. The van der Waals surface area contributed by atoms with Gasteiger partial charge in [-0.05, 0) is 31.0 Å². The second kappa shape index (κ2) is 8.17. The Bertz CT molecular complexity index is 518. The van der Waals surface area contributed by atoms with Crippen LogP contribution >= 0.6 is 0 Å². The molecular weight excluding hydrogens is 294 g/mol. The fourth-order valence-electron chi connectivity index (χ4n) is 2.99. The van der Waals surface area contributed by atoms with Crippen molar-refractivity contribution < 1.29 is 14.3 Å². The van der Waals surface area contributed by atoms with Crippen molar-refractivity contribution >= 4 is 6.03 Å². The third-order valence-electron chi connectivity index (χ3n) is 4.25. The highest BCUT2D eigenvalue weighted by molar-refractivity contribution is 5.74. The van der Waals surface area contributed by atoms with E-state index in [1.165, 1.54) is 0 Å². The van der Waals surface area contributed by atoms with Gasteiger partial charge in [-0.2, -0.15) is 0 Å². The number of hydrogen-bond donors (Lipinski definition) is 2. The number of hydrogen-bond acceptors (Lipinski definition) is 4. The molecule has 2 N–H and O–H groups in total. The molecule has 2 amide bonds. The predicted molar refractivity (Wildman–Crippen MR) is 87.8 cm³/mol. The van der Waals surface area contributed by atoms with Crippen LogP contribution in [0.3, 0.4) is 0 Å². The zero-order chi connectivity index (χ0) is 15.9. The summed E-state index contributed by atoms with van der Waals surface area (Å²) in [6.07, 6.45) is 1.77. The Balaban J connectivity index is 1.32. The number of morpholine rings is 1. The van der Waals surface area contributed by atoms with Crippen LogP contribution in [0, 0.1) is 0 Å². The molecule has 6 nitrogen and oxygen atoms in total. The highest BCUT2D eigenvalue weighted by atomic mass is 16.5. The molecule has 0 saturated carbocycles. The Morgan fingerprint density at radius 2 is 2.09 bits per heavy atom. The van der Waals surface area contributed by atoms with Crippen LogP contribution in [0.25, 0.3) is 0 Å². The summed E-state index contributed by atoms with van der Waals surface area (Å²) in [5, 5.41) is 5.92. The van der Waals surface area contributed by atoms with E-state index in [0.717, 1.165) is 57.0 Å². The maximum absolute atomic E-state index is 12.0. The summed E-state index contributed by atoms with van der Waals surface area (Å²) < 4.78 is 11.0. The molecule has 1 fully saturated rings. The van der Waals surface area contributed by atoms with E-state index in [-0.39, 0.29) is 12.1 Å². The third kappa shape index (κ3) is 4.84. The summed E-state index contributed by atoms with van der Waals surface area (Å²) in [6, 6.07) is 7.90. The van der Waals surface area contributed by atoms with Crippen molar-refractivity contribution in [1.29, 1.82) is 0 Å². The molecule has 1 saturated heterocycles. The molecule has 2 heterocycles. The maximum Gasteiger partial charge on any atom is 0.315 e. The number of carbonyl (C=O) groups excluding carboxylic acids is 1. The summed E-state index contributed by atoms with van der Waals surface area (Å²) in [5.41, 5.74) is 1.15. The number of nitrogens with zero attached hydrogens (tertiary/aromatic N) is 1. The zero-order valence-electron chi connectivity index (χ0n) is 13.4. The topological polar surface area (TPSA) is 62.8 Å². The number of para-hydroxylation sites is 1. The Kier molecular flexibility index (Phi) is 5.71. The number of amides is 2. The summed E-state index contributed by atoms with van der Waals surface area (Å²) in [4.78, 5) is 14.3. The van der Waals surface area contributed by atoms with Crippen molar-refractivity contribution in [2.45, 2.75) is 18.9 Å². The Morgan fingerprint density at radius 3 is 2.96 bits per heavy atom. The first-order chi connectivity index (χ1) is 11.3. The number of fused-ring (bicyclic) bond motifs is 1. The van der Waals surface area contributed by atoms with Crippen molar-refractivity contribution in [3.8, 4) is 5.75 Å². The van der Waals surface area contributed by atoms with Crippen LogP contribution in [0.1, 0.15) is 12.0 Å². The molecular formula is C17H25N3O3. The van der Waals surface area contributed by atoms with Crippen LogP contribution in [0.2, 0.25) is 0 Å². The summed E-state index contributed by atoms with van der Waals surface area (Å²) >= 11 is 0. The minimum atomic E-state index is -0.111. The van der Waals surface area contributed by atoms with Crippen LogP contribution in [-0.4, -0.2) is 63.0 Å². The number of urea groups is 1. The monoisotopic (exact) mass is 319 g/mol. The minimum absolute atomic E-state index is 0.0316. The summed E-state index contributed by atoms with van der Waals surface area (Å²) in [7, 11) is 0. The number of rotatable bonds is 5. The molecule has 6 heteroatoms. The first-order valence-corrected chi connectivity index (χ1v) is 8.36. The zero-order valence-corrected chi connectivity index (χ0v) is 13.4. The number of benzene rings is 1. The fourth-order valence-corrected chi connectivity index (χ4v) is 2.99. The minimum Gasteiger partial charge on any atom is -0.491 e. The van der Waals surface area contributed by atoms with Gasteiger partial charge in [-0.3, -0.25) is 4.90 Å². The largest absolute Gasteiger partial charge is 0.491 e. The molecule has 0 spiro atoms. The van der Waals surface area contributed by atoms with Crippen LogP contribution in [0.5, 0.6) is 5.75 Å². The molecule has 23 heavy (non-hydrogen) atoms. The average molecular weight is 319 g/mol. The van der Waals surface area contributed by atoms with E-state index in [4.69, 9.17) is 9.47 Å². The SMILES string of the molecule is O=C(NCCCN1CCOCC1)N[C@H]1COc2ccccc2C1. The molecule has 2 aliphatic rings. The molecule has 1 aromatic rings. The van der Waals surface area contributed by atoms with E-state index in [9.17, 15) is 4.79 Å². The van der Waals surface area contributed by atoms with Gasteiger partial charge in [0.2, 0.25) is 0 Å². The van der Waals surface area contributed by atoms with E-state index in [0.29, 0.717) is 13.2 Å². The van der Waals surface area contributed by atoms with Crippen molar-refractivity contribution in [3.05, 3.63) is 29.8 Å². The van der Waals surface area contributed by atoms with Crippen molar-refractivity contribution in [2.75, 3.05) is 46.0 Å². The average Bonchev–Trinajstić information content (AvgIpc) is 2.59. The second-order valence-corrected chi connectivity index (χ2v) is 6.03. The molecule has 2 aliphatic heterocycles. The van der Waals surface area contributed by atoms with Gasteiger partial charge in [0.1, 0.15) is 12.4 Å². The fraction of sp³-hybridized carbons (Fsp3) is 0.588. The standard InChI is InChI=1S/C17H25N3O3/c21-17(18-6-3-7-20-8-10-22-11-9-20)19-15-12-14-4-1-2-5-16(14)23-13-15/h1-2,4-5,15H,3,6-13H2,(H2,18,19,21)/t15-/m1/s1. The van der Waals surface area contributed by atoms with E-state index in [1.807, 2.05) is 24.3 Å². The van der Waals surface area contributed by atoms with Gasteiger partial charge < -0.3 is 20.1 Å². The predicted octanol–water partition coefficient (Wildman–Crippen LogP) is 1.01. The van der Waals surface area contributed by atoms with Gasteiger partial charge in [0, 0.05) is 19.6 Å². The lowest BCUT2D eigenvalue weighted by Crippen LogP contribution is -2.47. The van der Waals surface area contributed by atoms with E-state index in [2.05, 4.69) is 15.5 Å². The summed E-state index contributed by atoms with van der Waals surface area (Å²) in [5.74, 6) is 0.927. The number of nitrogens with one attached hydrogen (secondary N) is 2. The van der Waals surface area contributed by atoms with Gasteiger partial charge in [-0.15, -0.1) is 0 Å². The quantitative estimate of drug-likeness (QED) is 0.795. The molecule has 0 aliphatic carbocycles. The summed E-state index contributed by atoms with van der Waals surface area (Å²) in [6.45, 7) is 5.83. The first kappa shape index (κ1) is 16.1. The normalized spacial score (nSPS) is 21.1.